The lowest BCUT2D eigenvalue weighted by atomic mass is 9.86. The third kappa shape index (κ3) is 5.13. The fraction of sp³-hybridized carbons (Fsp3) is 0.400. The van der Waals surface area contributed by atoms with Crippen LogP contribution in [0.2, 0.25) is 0 Å². The highest BCUT2D eigenvalue weighted by Gasteiger charge is 2.37. The van der Waals surface area contributed by atoms with Gasteiger partial charge in [-0.1, -0.05) is 30.3 Å². The number of likely N-dealkylation sites (tertiary alicyclic amines) is 1. The van der Waals surface area contributed by atoms with Gasteiger partial charge in [-0.05, 0) is 76.3 Å². The first kappa shape index (κ1) is 29.8. The van der Waals surface area contributed by atoms with Gasteiger partial charge in [-0.25, -0.2) is 14.2 Å². The number of ether oxygens (including phenoxy) is 2. The first-order chi connectivity index (χ1) is 20.9. The highest BCUT2D eigenvalue weighted by molar-refractivity contribution is 6.05. The first-order valence-corrected chi connectivity index (χ1v) is 15.1. The topological polar surface area (TPSA) is 93.9 Å². The molecule has 2 aliphatic heterocycles. The van der Waals surface area contributed by atoms with Crippen LogP contribution in [-0.2, 0) is 23.0 Å². The van der Waals surface area contributed by atoms with Gasteiger partial charge >= 0.3 is 5.97 Å². The molecule has 6 rings (SSSR count). The Morgan fingerprint density at radius 1 is 1.14 bits per heavy atom. The molecule has 9 heteroatoms. The van der Waals surface area contributed by atoms with E-state index < -0.39 is 23.5 Å². The number of halogens is 1. The van der Waals surface area contributed by atoms with Crippen LogP contribution < -0.4 is 4.74 Å². The second-order valence-corrected chi connectivity index (χ2v) is 12.9. The maximum Gasteiger partial charge on any atom is 0.337 e. The molecule has 2 aromatic carbocycles. The van der Waals surface area contributed by atoms with E-state index in [0.29, 0.717) is 65.2 Å². The summed E-state index contributed by atoms with van der Waals surface area (Å²) < 4.78 is 29.2. The van der Waals surface area contributed by atoms with Crippen molar-refractivity contribution in [2.45, 2.75) is 65.1 Å². The number of aliphatic carboxylic acids is 1. The molecule has 1 saturated heterocycles. The van der Waals surface area contributed by atoms with Crippen LogP contribution in [0.15, 0.2) is 42.5 Å². The van der Waals surface area contributed by atoms with Gasteiger partial charge in [0.05, 0.1) is 12.2 Å². The molecule has 4 aromatic rings. The van der Waals surface area contributed by atoms with Crippen molar-refractivity contribution in [3.05, 3.63) is 81.9 Å². The van der Waals surface area contributed by atoms with E-state index in [4.69, 9.17) is 14.5 Å². The predicted octanol–water partition coefficient (Wildman–Crippen LogP) is 6.50. The van der Waals surface area contributed by atoms with Gasteiger partial charge in [-0.3, -0.25) is 4.79 Å². The maximum absolute atomic E-state index is 15.7. The number of carboxylic acids is 1. The molecule has 0 radical (unpaired) electrons. The molecule has 0 saturated carbocycles. The van der Waals surface area contributed by atoms with Crippen molar-refractivity contribution in [1.82, 2.24) is 14.5 Å². The lowest BCUT2D eigenvalue weighted by molar-refractivity contribution is -0.160. The maximum atomic E-state index is 15.7. The van der Waals surface area contributed by atoms with E-state index in [1.165, 1.54) is 11.6 Å². The fourth-order valence-corrected chi connectivity index (χ4v) is 6.52. The third-order valence-corrected chi connectivity index (χ3v) is 8.73. The summed E-state index contributed by atoms with van der Waals surface area (Å²) in [5, 5.41) is 11.0. The number of aryl methyl sites for hydroxylation is 2. The number of amides is 1. The van der Waals surface area contributed by atoms with Crippen LogP contribution in [0.25, 0.3) is 22.2 Å². The van der Waals surface area contributed by atoms with E-state index in [1.807, 2.05) is 30.0 Å². The highest BCUT2D eigenvalue weighted by atomic mass is 19.1. The van der Waals surface area contributed by atoms with Crippen molar-refractivity contribution in [3.63, 3.8) is 0 Å². The molecule has 2 aromatic heterocycles. The molecule has 0 aliphatic carbocycles. The summed E-state index contributed by atoms with van der Waals surface area (Å²) in [5.41, 5.74) is 4.75. The van der Waals surface area contributed by atoms with Crippen molar-refractivity contribution in [2.24, 2.45) is 7.05 Å². The average Bonchev–Trinajstić information content (AvgIpc) is 3.28. The van der Waals surface area contributed by atoms with Crippen LogP contribution in [0.3, 0.4) is 0 Å². The Labute approximate surface area is 256 Å². The molecule has 1 amide bonds. The summed E-state index contributed by atoms with van der Waals surface area (Å²) in [5.74, 6) is -1.30. The molecule has 230 valence electrons. The summed E-state index contributed by atoms with van der Waals surface area (Å²) in [6.45, 7) is 10.7. The van der Waals surface area contributed by atoms with Crippen LogP contribution in [0.4, 0.5) is 4.39 Å². The molecule has 4 heterocycles. The highest BCUT2D eigenvalue weighted by Crippen LogP contribution is 2.45. The first-order valence-electron chi connectivity index (χ1n) is 15.1. The van der Waals surface area contributed by atoms with Crippen molar-refractivity contribution >= 4 is 22.9 Å². The standard InChI is InChI=1S/C35H38FN3O5/c1-19-23-13-10-14-43-30(23)26(36)15-24(19)29-25-16-27(33(40)39-17-22(18-39)21-11-8-7-9-12-21)38(6)32(25)37-20(2)28(29)31(34(41)42)44-35(3,4)5/h7-9,11-12,15-16,22,31H,10,13-14,17-18H2,1-6H3,(H,41,42)/t31-/m0/s1. The van der Waals surface area contributed by atoms with Crippen LogP contribution in [0.5, 0.6) is 5.75 Å². The van der Waals surface area contributed by atoms with Crippen molar-refractivity contribution in [3.8, 4) is 16.9 Å². The van der Waals surface area contributed by atoms with Crippen LogP contribution in [0, 0.1) is 19.7 Å². The normalized spacial score (nSPS) is 15.9. The van der Waals surface area contributed by atoms with E-state index in [9.17, 15) is 14.7 Å². The van der Waals surface area contributed by atoms with Crippen LogP contribution in [0.1, 0.15) is 77.7 Å². The summed E-state index contributed by atoms with van der Waals surface area (Å²) in [4.78, 5) is 33.3. The van der Waals surface area contributed by atoms with E-state index in [-0.39, 0.29) is 17.6 Å². The van der Waals surface area contributed by atoms with Crippen LogP contribution in [-0.4, -0.2) is 56.7 Å². The summed E-state index contributed by atoms with van der Waals surface area (Å²) in [7, 11) is 1.79. The lowest BCUT2D eigenvalue weighted by Gasteiger charge is -2.39. The minimum absolute atomic E-state index is 0.134. The van der Waals surface area contributed by atoms with Gasteiger partial charge in [0.2, 0.25) is 0 Å². The van der Waals surface area contributed by atoms with E-state index in [2.05, 4.69) is 12.1 Å². The molecule has 0 bridgehead atoms. The van der Waals surface area contributed by atoms with Gasteiger partial charge in [0, 0.05) is 53.8 Å². The SMILES string of the molecule is Cc1nc2c(cc(C(=O)N3CC(c4ccccc4)C3)n2C)c(-c2cc(F)c3c(c2C)CCCO3)c1[C@H](OC(C)(C)C)C(=O)O. The third-order valence-electron chi connectivity index (χ3n) is 8.73. The molecule has 1 atom stereocenters. The molecule has 44 heavy (non-hydrogen) atoms. The smallest absolute Gasteiger partial charge is 0.337 e. The minimum Gasteiger partial charge on any atom is -0.490 e. The molecule has 0 spiro atoms. The number of carbonyl (C=O) groups excluding carboxylic acids is 1. The Kier molecular flexibility index (Phi) is 7.48. The van der Waals surface area contributed by atoms with Gasteiger partial charge in [0.25, 0.3) is 5.91 Å². The lowest BCUT2D eigenvalue weighted by Crippen LogP contribution is -2.48. The van der Waals surface area contributed by atoms with Gasteiger partial charge in [-0.15, -0.1) is 0 Å². The van der Waals surface area contributed by atoms with E-state index >= 15 is 4.39 Å². The second kappa shape index (κ2) is 11.0. The minimum atomic E-state index is -1.38. The zero-order chi connectivity index (χ0) is 31.5. The molecule has 0 unspecified atom stereocenters. The van der Waals surface area contributed by atoms with Crippen molar-refractivity contribution in [1.29, 1.82) is 0 Å². The molecule has 2 aliphatic rings. The Hall–Kier alpha value is -4.24. The quantitative estimate of drug-likeness (QED) is 0.272. The molecule has 1 fully saturated rings. The summed E-state index contributed by atoms with van der Waals surface area (Å²) in [6, 6.07) is 13.3. The van der Waals surface area contributed by atoms with Gasteiger partial charge in [0.15, 0.2) is 17.7 Å². The van der Waals surface area contributed by atoms with Gasteiger partial charge in [-0.2, -0.15) is 0 Å². The number of hydrogen-bond donors (Lipinski definition) is 1. The van der Waals surface area contributed by atoms with Crippen molar-refractivity contribution in [2.75, 3.05) is 19.7 Å². The predicted molar refractivity (Wildman–Crippen MR) is 166 cm³/mol. The van der Waals surface area contributed by atoms with E-state index in [1.54, 1.807) is 45.4 Å². The van der Waals surface area contributed by atoms with Crippen LogP contribution >= 0.6 is 0 Å². The fourth-order valence-electron chi connectivity index (χ4n) is 6.52. The Morgan fingerprint density at radius 2 is 1.84 bits per heavy atom. The zero-order valence-electron chi connectivity index (χ0n) is 26.0. The number of pyridine rings is 1. The number of carboxylic acid groups (broad SMARTS) is 1. The molecular formula is C35H38FN3O5. The molecule has 8 nitrogen and oxygen atoms in total. The Morgan fingerprint density at radius 3 is 2.50 bits per heavy atom. The number of hydrogen-bond acceptors (Lipinski definition) is 5. The second-order valence-electron chi connectivity index (χ2n) is 12.9. The zero-order valence-corrected chi connectivity index (χ0v) is 26.0. The van der Waals surface area contributed by atoms with Crippen molar-refractivity contribution < 1.29 is 28.6 Å². The number of aromatic nitrogens is 2. The summed E-state index contributed by atoms with van der Waals surface area (Å²) >= 11 is 0. The molecule has 1 N–H and O–H groups in total. The largest absolute Gasteiger partial charge is 0.490 e. The Bertz CT molecular complexity index is 1780. The number of carbonyl (C=O) groups is 2. The number of benzene rings is 2. The number of nitrogens with zero attached hydrogens (tertiary/aromatic N) is 3. The summed E-state index contributed by atoms with van der Waals surface area (Å²) in [6.07, 6.45) is 0.0204. The monoisotopic (exact) mass is 599 g/mol. The van der Waals surface area contributed by atoms with Gasteiger partial charge in [0.1, 0.15) is 11.3 Å². The average molecular weight is 600 g/mol. The van der Waals surface area contributed by atoms with Gasteiger partial charge < -0.3 is 24.0 Å². The van der Waals surface area contributed by atoms with E-state index in [0.717, 1.165) is 17.5 Å². The number of fused-ring (bicyclic) bond motifs is 2. The number of rotatable bonds is 6. The Balaban J connectivity index is 1.54. The molecular weight excluding hydrogens is 561 g/mol.